The summed E-state index contributed by atoms with van der Waals surface area (Å²) in [6.45, 7) is 10.0. The van der Waals surface area contributed by atoms with Gasteiger partial charge in [0.2, 0.25) is 5.95 Å². The minimum Gasteiger partial charge on any atom is -0.310 e. The minimum atomic E-state index is -0.111. The molecule has 7 rings (SSSR count). The lowest BCUT2D eigenvalue weighted by Crippen LogP contribution is -2.23. The van der Waals surface area contributed by atoms with E-state index in [9.17, 15) is 0 Å². The molecule has 0 amide bonds. The van der Waals surface area contributed by atoms with E-state index < -0.39 is 0 Å². The SMILES string of the molecule is C=C1CCCCCN(c2nc(-c3ccccc3)nc(-c3ccccc3)n2)c2cc3c(cc21)C(C)(C)c1ccncc1-3. The van der Waals surface area contributed by atoms with E-state index >= 15 is 0 Å². The zero-order valence-corrected chi connectivity index (χ0v) is 23.6. The Balaban J connectivity index is 1.47. The van der Waals surface area contributed by atoms with E-state index in [-0.39, 0.29) is 5.41 Å². The van der Waals surface area contributed by atoms with Crippen molar-refractivity contribution in [3.05, 3.63) is 115 Å². The van der Waals surface area contributed by atoms with Crippen LogP contribution in [0.15, 0.2) is 97.8 Å². The van der Waals surface area contributed by atoms with Crippen LogP contribution in [0.4, 0.5) is 11.6 Å². The number of allylic oxidation sites excluding steroid dienone is 1. The summed E-state index contributed by atoms with van der Waals surface area (Å²) in [4.78, 5) is 21.9. The third kappa shape index (κ3) is 4.42. The molecule has 1 aliphatic heterocycles. The Labute approximate surface area is 241 Å². The molecule has 0 spiro atoms. The highest BCUT2D eigenvalue weighted by molar-refractivity contribution is 5.89. The number of hydrogen-bond donors (Lipinski definition) is 0. The summed E-state index contributed by atoms with van der Waals surface area (Å²) < 4.78 is 0. The lowest BCUT2D eigenvalue weighted by Gasteiger charge is -2.28. The molecule has 2 aliphatic rings. The van der Waals surface area contributed by atoms with Gasteiger partial charge in [-0.1, -0.05) is 87.5 Å². The van der Waals surface area contributed by atoms with Gasteiger partial charge >= 0.3 is 0 Å². The Kier molecular flexibility index (Phi) is 6.23. The van der Waals surface area contributed by atoms with E-state index in [2.05, 4.69) is 72.8 Å². The maximum atomic E-state index is 5.11. The van der Waals surface area contributed by atoms with E-state index in [1.54, 1.807) is 0 Å². The maximum Gasteiger partial charge on any atom is 0.234 e. The third-order valence-electron chi connectivity index (χ3n) is 8.55. The molecule has 0 radical (unpaired) electrons. The van der Waals surface area contributed by atoms with Crippen molar-refractivity contribution in [2.75, 3.05) is 11.4 Å². The molecule has 5 aromatic rings. The molecular formula is C36H33N5. The van der Waals surface area contributed by atoms with Crippen molar-refractivity contribution in [2.45, 2.75) is 44.9 Å². The first-order valence-electron chi connectivity index (χ1n) is 14.5. The highest BCUT2D eigenvalue weighted by atomic mass is 15.3. The second-order valence-electron chi connectivity index (χ2n) is 11.5. The van der Waals surface area contributed by atoms with Crippen LogP contribution in [0.25, 0.3) is 39.5 Å². The van der Waals surface area contributed by atoms with Crippen molar-refractivity contribution in [3.63, 3.8) is 0 Å². The molecule has 202 valence electrons. The predicted molar refractivity (Wildman–Crippen MR) is 167 cm³/mol. The molecule has 5 heteroatoms. The molecule has 2 aromatic heterocycles. The Morgan fingerprint density at radius 3 is 2.07 bits per heavy atom. The van der Waals surface area contributed by atoms with Crippen LogP contribution in [0.1, 0.15) is 56.2 Å². The van der Waals surface area contributed by atoms with Crippen LogP contribution < -0.4 is 4.90 Å². The van der Waals surface area contributed by atoms with Crippen LogP contribution in [0, 0.1) is 0 Å². The van der Waals surface area contributed by atoms with Gasteiger partial charge in [0.05, 0.1) is 5.69 Å². The number of rotatable bonds is 3. The molecule has 0 saturated heterocycles. The van der Waals surface area contributed by atoms with Gasteiger partial charge in [-0.15, -0.1) is 0 Å². The summed E-state index contributed by atoms with van der Waals surface area (Å²) in [5, 5.41) is 0. The largest absolute Gasteiger partial charge is 0.310 e. The van der Waals surface area contributed by atoms with Crippen molar-refractivity contribution in [2.24, 2.45) is 0 Å². The van der Waals surface area contributed by atoms with Gasteiger partial charge in [-0.25, -0.2) is 4.98 Å². The van der Waals surface area contributed by atoms with Gasteiger partial charge in [0.25, 0.3) is 0 Å². The van der Waals surface area contributed by atoms with Crippen LogP contribution in [0.2, 0.25) is 0 Å². The first-order chi connectivity index (χ1) is 20.0. The van der Waals surface area contributed by atoms with Crippen molar-refractivity contribution in [1.82, 2.24) is 19.9 Å². The lowest BCUT2D eigenvalue weighted by atomic mass is 9.81. The zero-order valence-electron chi connectivity index (χ0n) is 23.6. The summed E-state index contributed by atoms with van der Waals surface area (Å²) in [7, 11) is 0. The van der Waals surface area contributed by atoms with Crippen molar-refractivity contribution in [3.8, 4) is 33.9 Å². The van der Waals surface area contributed by atoms with Gasteiger partial charge in [0, 0.05) is 46.6 Å². The number of benzene rings is 3. The third-order valence-corrected chi connectivity index (χ3v) is 8.55. The average Bonchev–Trinajstić information content (AvgIpc) is 3.28. The normalized spacial score (nSPS) is 15.8. The zero-order chi connectivity index (χ0) is 28.0. The Hall–Kier alpha value is -4.64. The van der Waals surface area contributed by atoms with Gasteiger partial charge in [-0.3, -0.25) is 4.98 Å². The second kappa shape index (κ2) is 10.1. The molecule has 41 heavy (non-hydrogen) atoms. The Bertz CT molecular complexity index is 1700. The van der Waals surface area contributed by atoms with Gasteiger partial charge in [0.1, 0.15) is 0 Å². The highest BCUT2D eigenvalue weighted by Crippen LogP contribution is 2.51. The fourth-order valence-corrected chi connectivity index (χ4v) is 6.30. The molecule has 0 saturated carbocycles. The van der Waals surface area contributed by atoms with E-state index in [0.29, 0.717) is 17.6 Å². The van der Waals surface area contributed by atoms with Crippen LogP contribution in [-0.2, 0) is 5.41 Å². The van der Waals surface area contributed by atoms with Crippen molar-refractivity contribution < 1.29 is 0 Å². The van der Waals surface area contributed by atoms with Crippen molar-refractivity contribution in [1.29, 1.82) is 0 Å². The van der Waals surface area contributed by atoms with E-state index in [0.717, 1.165) is 49.0 Å². The predicted octanol–water partition coefficient (Wildman–Crippen LogP) is 8.63. The molecule has 3 heterocycles. The fourth-order valence-electron chi connectivity index (χ4n) is 6.30. The summed E-state index contributed by atoms with van der Waals surface area (Å²) >= 11 is 0. The first-order valence-corrected chi connectivity index (χ1v) is 14.5. The molecule has 0 N–H and O–H groups in total. The quantitative estimate of drug-likeness (QED) is 0.231. The number of anilines is 2. The molecule has 0 atom stereocenters. The number of nitrogens with zero attached hydrogens (tertiary/aromatic N) is 5. The molecule has 5 nitrogen and oxygen atoms in total. The van der Waals surface area contributed by atoms with Gasteiger partial charge in [-0.05, 0) is 59.7 Å². The topological polar surface area (TPSA) is 54.8 Å². The summed E-state index contributed by atoms with van der Waals surface area (Å²) in [5.74, 6) is 2.01. The molecule has 3 aromatic carbocycles. The number of aromatic nitrogens is 4. The first kappa shape index (κ1) is 25.3. The standard InChI is InChI=1S/C36H33N5/c1-24-13-7-6-12-20-41(32-22-28-29-23-37-19-18-30(29)36(2,3)31(28)21-27(24)32)35-39-33(25-14-8-4-9-15-25)38-34(40-35)26-16-10-5-11-17-26/h4-5,8-11,14-19,21-23H,1,6-7,12-13,20H2,2-3H3. The molecule has 1 aliphatic carbocycles. The van der Waals surface area contributed by atoms with Crippen LogP contribution in [-0.4, -0.2) is 26.5 Å². The number of fused-ring (bicyclic) bond motifs is 4. The van der Waals surface area contributed by atoms with E-state index in [4.69, 9.17) is 15.0 Å². The molecular weight excluding hydrogens is 502 g/mol. The average molecular weight is 536 g/mol. The molecule has 0 bridgehead atoms. The Morgan fingerprint density at radius 2 is 1.39 bits per heavy atom. The monoisotopic (exact) mass is 535 g/mol. The highest BCUT2D eigenvalue weighted by Gasteiger charge is 2.37. The van der Waals surface area contributed by atoms with Gasteiger partial charge in [0.15, 0.2) is 11.6 Å². The maximum absolute atomic E-state index is 5.11. The van der Waals surface area contributed by atoms with Gasteiger partial charge < -0.3 is 4.90 Å². The number of hydrogen-bond acceptors (Lipinski definition) is 5. The van der Waals surface area contributed by atoms with Crippen molar-refractivity contribution >= 4 is 17.2 Å². The fraction of sp³-hybridized carbons (Fsp3) is 0.222. The van der Waals surface area contributed by atoms with Crippen LogP contribution in [0.3, 0.4) is 0 Å². The second-order valence-corrected chi connectivity index (χ2v) is 11.5. The lowest BCUT2D eigenvalue weighted by molar-refractivity contribution is 0.659. The van der Waals surface area contributed by atoms with E-state index in [1.807, 2.05) is 48.8 Å². The van der Waals surface area contributed by atoms with Crippen LogP contribution in [0.5, 0.6) is 0 Å². The summed E-state index contributed by atoms with van der Waals surface area (Å²) in [6.07, 6.45) is 8.19. The summed E-state index contributed by atoms with van der Waals surface area (Å²) in [5.41, 5.74) is 10.4. The van der Waals surface area contributed by atoms with E-state index in [1.165, 1.54) is 33.4 Å². The molecule has 0 fully saturated rings. The minimum absolute atomic E-state index is 0.111. The smallest absolute Gasteiger partial charge is 0.234 e. The van der Waals surface area contributed by atoms with Crippen LogP contribution >= 0.6 is 0 Å². The Morgan fingerprint density at radius 1 is 0.707 bits per heavy atom. The molecule has 0 unspecified atom stereocenters. The summed E-state index contributed by atoms with van der Waals surface area (Å²) in [6, 6.07) is 27.2. The number of pyridine rings is 1. The van der Waals surface area contributed by atoms with Gasteiger partial charge in [-0.2, -0.15) is 9.97 Å².